The SMILES string of the molecule is CN1C(=O)C(C(=O)C(N)(Cc2ccc(Cl)cc2)c2ccc3ccccc3c2)C(O)c2ccc(Cl)cc21. The largest absolute Gasteiger partial charge is 0.387 e. The second-order valence-electron chi connectivity index (χ2n) is 9.22. The molecule has 3 N–H and O–H groups in total. The van der Waals surface area contributed by atoms with E-state index in [0.29, 0.717) is 26.9 Å². The molecule has 0 saturated heterocycles. The molecule has 4 aromatic carbocycles. The number of fused-ring (bicyclic) bond motifs is 2. The van der Waals surface area contributed by atoms with Gasteiger partial charge in [-0.15, -0.1) is 0 Å². The highest BCUT2D eigenvalue weighted by molar-refractivity contribution is 6.31. The standard InChI is InChI=1S/C29H24Cl2N2O3/c1-33-24-15-22(31)12-13-23(24)26(34)25(28(33)36)27(35)29(32,16-17-6-10-21(30)11-7-17)20-9-8-18-4-2-3-5-19(18)14-20/h2-15,25-26,34H,16,32H2,1H3. The fourth-order valence-electron chi connectivity index (χ4n) is 4.95. The van der Waals surface area contributed by atoms with Crippen molar-refractivity contribution in [1.29, 1.82) is 0 Å². The van der Waals surface area contributed by atoms with Crippen LogP contribution in [0.15, 0.2) is 84.9 Å². The minimum Gasteiger partial charge on any atom is -0.387 e. The van der Waals surface area contributed by atoms with Gasteiger partial charge >= 0.3 is 0 Å². The minimum atomic E-state index is -1.59. The number of aliphatic hydroxyl groups excluding tert-OH is 1. The van der Waals surface area contributed by atoms with Crippen molar-refractivity contribution in [3.8, 4) is 0 Å². The second-order valence-corrected chi connectivity index (χ2v) is 10.1. The number of carbonyl (C=O) groups excluding carboxylic acids is 2. The predicted octanol–water partition coefficient (Wildman–Crippen LogP) is 5.44. The highest BCUT2D eigenvalue weighted by Crippen LogP contribution is 2.42. The lowest BCUT2D eigenvalue weighted by Crippen LogP contribution is -2.56. The van der Waals surface area contributed by atoms with Crippen molar-refractivity contribution in [1.82, 2.24) is 0 Å². The molecule has 7 heteroatoms. The summed E-state index contributed by atoms with van der Waals surface area (Å²) < 4.78 is 0. The molecule has 1 amide bonds. The van der Waals surface area contributed by atoms with Crippen LogP contribution >= 0.6 is 23.2 Å². The zero-order chi connectivity index (χ0) is 25.6. The van der Waals surface area contributed by atoms with Crippen LogP contribution in [0.25, 0.3) is 10.8 Å². The Kier molecular flexibility index (Phi) is 6.35. The number of aliphatic hydroxyl groups is 1. The van der Waals surface area contributed by atoms with Crippen LogP contribution in [0.2, 0.25) is 10.0 Å². The van der Waals surface area contributed by atoms with Gasteiger partial charge in [0, 0.05) is 29.1 Å². The van der Waals surface area contributed by atoms with Crippen LogP contribution < -0.4 is 10.6 Å². The minimum absolute atomic E-state index is 0.120. The number of Topliss-reactive ketones (excluding diaryl/α,β-unsaturated/α-hetero) is 1. The van der Waals surface area contributed by atoms with Crippen LogP contribution in [0.5, 0.6) is 0 Å². The first-order chi connectivity index (χ1) is 17.2. The molecule has 0 aliphatic carbocycles. The van der Waals surface area contributed by atoms with Gasteiger partial charge in [-0.1, -0.05) is 77.8 Å². The van der Waals surface area contributed by atoms with Crippen molar-refractivity contribution in [3.63, 3.8) is 0 Å². The van der Waals surface area contributed by atoms with Crippen LogP contribution in [0, 0.1) is 5.92 Å². The lowest BCUT2D eigenvalue weighted by atomic mass is 9.72. The Balaban J connectivity index is 1.63. The number of nitrogens with two attached hydrogens (primary N) is 1. The Morgan fingerprint density at radius 1 is 0.944 bits per heavy atom. The maximum Gasteiger partial charge on any atom is 0.240 e. The molecule has 1 aliphatic rings. The zero-order valence-corrected chi connectivity index (χ0v) is 21.0. The highest BCUT2D eigenvalue weighted by atomic mass is 35.5. The Bertz CT molecular complexity index is 1490. The maximum atomic E-state index is 14.3. The predicted molar refractivity (Wildman–Crippen MR) is 143 cm³/mol. The number of carbonyl (C=O) groups is 2. The van der Waals surface area contributed by atoms with Gasteiger partial charge in [-0.05, 0) is 52.2 Å². The summed E-state index contributed by atoms with van der Waals surface area (Å²) in [4.78, 5) is 29.1. The van der Waals surface area contributed by atoms with Gasteiger partial charge in [-0.3, -0.25) is 9.59 Å². The lowest BCUT2D eigenvalue weighted by Gasteiger charge is -2.39. The van der Waals surface area contributed by atoms with E-state index in [9.17, 15) is 14.7 Å². The Labute approximate surface area is 219 Å². The summed E-state index contributed by atoms with van der Waals surface area (Å²) in [5.41, 5.74) is 7.65. The van der Waals surface area contributed by atoms with Crippen molar-refractivity contribution < 1.29 is 14.7 Å². The van der Waals surface area contributed by atoms with E-state index in [1.165, 1.54) is 4.90 Å². The molecule has 0 radical (unpaired) electrons. The summed E-state index contributed by atoms with van der Waals surface area (Å²) in [6.07, 6.45) is -1.24. The van der Waals surface area contributed by atoms with Crippen molar-refractivity contribution in [2.75, 3.05) is 11.9 Å². The van der Waals surface area contributed by atoms with E-state index in [4.69, 9.17) is 28.9 Å². The molecule has 5 nitrogen and oxygen atoms in total. The first kappa shape index (κ1) is 24.5. The molecule has 1 heterocycles. The third-order valence-corrected chi connectivity index (χ3v) is 7.45. The number of halogens is 2. The van der Waals surface area contributed by atoms with Crippen molar-refractivity contribution in [3.05, 3.63) is 112 Å². The van der Waals surface area contributed by atoms with Crippen LogP contribution in [0.1, 0.15) is 22.8 Å². The number of nitrogens with zero attached hydrogens (tertiary/aromatic N) is 1. The number of ketones is 1. The van der Waals surface area contributed by atoms with Gasteiger partial charge in [0.2, 0.25) is 5.91 Å². The molecule has 0 fully saturated rings. The smallest absolute Gasteiger partial charge is 0.240 e. The fourth-order valence-corrected chi connectivity index (χ4v) is 5.25. The van der Waals surface area contributed by atoms with Crippen molar-refractivity contribution in [2.24, 2.45) is 11.7 Å². The molecule has 4 aromatic rings. The number of hydrogen-bond donors (Lipinski definition) is 2. The average molecular weight is 519 g/mol. The van der Waals surface area contributed by atoms with E-state index >= 15 is 0 Å². The van der Waals surface area contributed by atoms with Gasteiger partial charge in [0.1, 0.15) is 11.5 Å². The summed E-state index contributed by atoms with van der Waals surface area (Å²) in [5.74, 6) is -2.47. The van der Waals surface area contributed by atoms with Crippen molar-refractivity contribution >= 4 is 51.4 Å². The van der Waals surface area contributed by atoms with Gasteiger partial charge < -0.3 is 15.7 Å². The number of anilines is 1. The quantitative estimate of drug-likeness (QED) is 0.344. The number of hydrogen-bond acceptors (Lipinski definition) is 4. The molecular formula is C29H24Cl2N2O3. The molecule has 0 aromatic heterocycles. The maximum absolute atomic E-state index is 14.3. The third-order valence-electron chi connectivity index (χ3n) is 6.97. The Hall–Kier alpha value is -3.22. The number of benzene rings is 4. The average Bonchev–Trinajstić information content (AvgIpc) is 2.88. The summed E-state index contributed by atoms with van der Waals surface area (Å²) in [6.45, 7) is 0. The Morgan fingerprint density at radius 2 is 1.61 bits per heavy atom. The van der Waals surface area contributed by atoms with Gasteiger partial charge in [-0.25, -0.2) is 0 Å². The van der Waals surface area contributed by atoms with Gasteiger partial charge in [-0.2, -0.15) is 0 Å². The van der Waals surface area contributed by atoms with E-state index in [1.807, 2.05) is 42.5 Å². The molecule has 0 spiro atoms. The van der Waals surface area contributed by atoms with Gasteiger partial charge in [0.05, 0.1) is 11.8 Å². The van der Waals surface area contributed by atoms with Gasteiger partial charge in [0.25, 0.3) is 0 Å². The van der Waals surface area contributed by atoms with E-state index in [2.05, 4.69) is 0 Å². The first-order valence-corrected chi connectivity index (χ1v) is 12.3. The van der Waals surface area contributed by atoms with E-state index in [1.54, 1.807) is 49.5 Å². The fraction of sp³-hybridized carbons (Fsp3) is 0.172. The molecule has 3 atom stereocenters. The van der Waals surface area contributed by atoms with E-state index in [-0.39, 0.29) is 6.42 Å². The van der Waals surface area contributed by atoms with E-state index < -0.39 is 29.3 Å². The van der Waals surface area contributed by atoms with Crippen LogP contribution in [-0.4, -0.2) is 23.8 Å². The molecule has 182 valence electrons. The second kappa shape index (κ2) is 9.34. The zero-order valence-electron chi connectivity index (χ0n) is 19.5. The molecule has 0 bridgehead atoms. The van der Waals surface area contributed by atoms with Crippen molar-refractivity contribution in [2.45, 2.75) is 18.1 Å². The van der Waals surface area contributed by atoms with Crippen LogP contribution in [0.4, 0.5) is 5.69 Å². The number of rotatable bonds is 5. The Morgan fingerprint density at radius 3 is 2.33 bits per heavy atom. The summed E-state index contributed by atoms with van der Waals surface area (Å²) >= 11 is 12.2. The summed E-state index contributed by atoms with van der Waals surface area (Å²) in [6, 6.07) is 25.3. The monoisotopic (exact) mass is 518 g/mol. The van der Waals surface area contributed by atoms with Crippen LogP contribution in [-0.2, 0) is 21.5 Å². The molecule has 36 heavy (non-hydrogen) atoms. The highest BCUT2D eigenvalue weighted by Gasteiger charge is 2.50. The topological polar surface area (TPSA) is 83.6 Å². The normalized spacial score (nSPS) is 19.1. The first-order valence-electron chi connectivity index (χ1n) is 11.5. The summed E-state index contributed by atoms with van der Waals surface area (Å²) in [7, 11) is 1.57. The molecule has 3 unspecified atom stereocenters. The summed E-state index contributed by atoms with van der Waals surface area (Å²) in [5, 5.41) is 14.2. The molecule has 1 aliphatic heterocycles. The molecule has 5 rings (SSSR count). The third kappa shape index (κ3) is 4.18. The van der Waals surface area contributed by atoms with Crippen LogP contribution in [0.3, 0.4) is 0 Å². The number of amides is 1. The lowest BCUT2D eigenvalue weighted by molar-refractivity contribution is -0.141. The van der Waals surface area contributed by atoms with E-state index in [0.717, 1.165) is 16.3 Å². The van der Waals surface area contributed by atoms with Gasteiger partial charge in [0.15, 0.2) is 5.78 Å². The molecule has 0 saturated carbocycles. The molecular weight excluding hydrogens is 495 g/mol.